The van der Waals surface area contributed by atoms with E-state index in [9.17, 15) is 43.2 Å². The highest BCUT2D eigenvalue weighted by Crippen LogP contribution is 2.45. The number of esters is 4. The molecule has 2 unspecified atom stereocenters. The lowest BCUT2D eigenvalue weighted by molar-refractivity contribution is -0.161. The van der Waals surface area contributed by atoms with E-state index >= 15 is 0 Å². The van der Waals surface area contributed by atoms with Crippen molar-refractivity contribution in [2.45, 2.75) is 477 Å². The molecule has 624 valence electrons. The number of aliphatic hydroxyl groups is 1. The predicted molar refractivity (Wildman–Crippen MR) is 432 cm³/mol. The number of unbranched alkanes of at least 4 members (excludes halogenated alkanes) is 55. The standard InChI is InChI=1S/C86H168O17P2/c1-7-9-11-13-15-17-18-19-20-21-22-23-24-25-30-33-36-39-46-52-58-64-70-85(90)102-82(75-97-84(89)69-63-57-51-45-38-35-32-29-27-26-28-31-34-37-43-48-54-60-66-78(3)4)77-101-105(94,95)99-73-80(87)72-98-104(92,93)100-76-81(74-96-83(88)68-62-56-50-42-16-14-12-10-8-2)103-86(91)71-65-59-53-47-41-40-44-49-55-61-67-79(5)6/h78-82,87H,7-77H2,1-6H3,(H,92,93)(H,94,95)/t80-,81+,82+/m0/s1. The second-order valence-corrected chi connectivity index (χ2v) is 34.8. The minimum atomic E-state index is -4.97. The third-order valence-electron chi connectivity index (χ3n) is 20.2. The third kappa shape index (κ3) is 79.9. The van der Waals surface area contributed by atoms with E-state index in [4.69, 9.17) is 37.0 Å². The lowest BCUT2D eigenvalue weighted by Gasteiger charge is -2.21. The zero-order valence-electron chi connectivity index (χ0n) is 69.0. The zero-order chi connectivity index (χ0) is 77.1. The zero-order valence-corrected chi connectivity index (χ0v) is 70.8. The molecule has 0 aromatic rings. The average Bonchev–Trinajstić information content (AvgIpc) is 0.903. The topological polar surface area (TPSA) is 237 Å². The molecule has 0 bridgehead atoms. The molecule has 0 saturated heterocycles. The Hall–Kier alpha value is -1.94. The average molecular weight is 1540 g/mol. The van der Waals surface area contributed by atoms with Gasteiger partial charge in [-0.15, -0.1) is 0 Å². The Morgan fingerprint density at radius 1 is 0.257 bits per heavy atom. The molecule has 3 N–H and O–H groups in total. The highest BCUT2D eigenvalue weighted by atomic mass is 31.2. The van der Waals surface area contributed by atoms with Gasteiger partial charge in [-0.25, -0.2) is 9.13 Å². The number of phosphoric acid groups is 2. The molecule has 105 heavy (non-hydrogen) atoms. The number of carbonyl (C=O) groups is 4. The summed E-state index contributed by atoms with van der Waals surface area (Å²) in [7, 11) is -9.92. The molecule has 0 radical (unpaired) electrons. The summed E-state index contributed by atoms with van der Waals surface area (Å²) >= 11 is 0. The van der Waals surface area contributed by atoms with Crippen LogP contribution in [-0.2, 0) is 65.4 Å². The predicted octanol–water partition coefficient (Wildman–Crippen LogP) is 26.2. The van der Waals surface area contributed by atoms with Gasteiger partial charge < -0.3 is 33.8 Å². The fraction of sp³-hybridized carbons (Fsp3) is 0.953. The number of aliphatic hydroxyl groups excluding tert-OH is 1. The molecule has 17 nitrogen and oxygen atoms in total. The summed E-state index contributed by atoms with van der Waals surface area (Å²) in [6, 6.07) is 0. The molecule has 5 atom stereocenters. The van der Waals surface area contributed by atoms with Crippen molar-refractivity contribution in [3.8, 4) is 0 Å². The molecule has 0 fully saturated rings. The molecule has 0 aliphatic rings. The van der Waals surface area contributed by atoms with Crippen molar-refractivity contribution in [2.24, 2.45) is 11.8 Å². The van der Waals surface area contributed by atoms with Crippen LogP contribution in [0.25, 0.3) is 0 Å². The summed E-state index contributed by atoms with van der Waals surface area (Å²) in [5, 5.41) is 10.7. The van der Waals surface area contributed by atoms with Crippen molar-refractivity contribution in [2.75, 3.05) is 39.6 Å². The van der Waals surface area contributed by atoms with Gasteiger partial charge in [-0.3, -0.25) is 37.3 Å². The van der Waals surface area contributed by atoms with Crippen LogP contribution in [0.3, 0.4) is 0 Å². The summed E-state index contributed by atoms with van der Waals surface area (Å²) in [5.41, 5.74) is 0. The summed E-state index contributed by atoms with van der Waals surface area (Å²) in [4.78, 5) is 73.1. The van der Waals surface area contributed by atoms with Crippen LogP contribution >= 0.6 is 15.6 Å². The summed E-state index contributed by atoms with van der Waals surface area (Å²) in [6.07, 6.45) is 69.7. The maximum atomic E-state index is 13.1. The van der Waals surface area contributed by atoms with E-state index in [1.54, 1.807) is 0 Å². The number of rotatable bonds is 85. The summed E-state index contributed by atoms with van der Waals surface area (Å²) in [5.74, 6) is -0.530. The van der Waals surface area contributed by atoms with Crippen LogP contribution in [0.15, 0.2) is 0 Å². The van der Waals surface area contributed by atoms with Gasteiger partial charge in [-0.1, -0.05) is 408 Å². The molecule has 0 spiro atoms. The van der Waals surface area contributed by atoms with E-state index < -0.39 is 97.5 Å². The van der Waals surface area contributed by atoms with Gasteiger partial charge in [0, 0.05) is 25.7 Å². The van der Waals surface area contributed by atoms with Crippen molar-refractivity contribution in [1.29, 1.82) is 0 Å². The first-order valence-electron chi connectivity index (χ1n) is 44.5. The summed E-state index contributed by atoms with van der Waals surface area (Å²) < 4.78 is 68.8. The van der Waals surface area contributed by atoms with Gasteiger partial charge >= 0.3 is 39.5 Å². The van der Waals surface area contributed by atoms with Crippen LogP contribution in [-0.4, -0.2) is 96.7 Å². The lowest BCUT2D eigenvalue weighted by atomic mass is 10.0. The minimum absolute atomic E-state index is 0.106. The number of hydrogen-bond donors (Lipinski definition) is 3. The Kier molecular flexibility index (Phi) is 76.0. The van der Waals surface area contributed by atoms with E-state index in [0.29, 0.717) is 25.7 Å². The summed E-state index contributed by atoms with van der Waals surface area (Å²) in [6.45, 7) is 9.67. The minimum Gasteiger partial charge on any atom is -0.462 e. The molecule has 0 aromatic heterocycles. The highest BCUT2D eigenvalue weighted by molar-refractivity contribution is 7.47. The van der Waals surface area contributed by atoms with Crippen molar-refractivity contribution >= 4 is 39.5 Å². The van der Waals surface area contributed by atoms with Gasteiger partial charge in [0.2, 0.25) is 0 Å². The normalized spacial score (nSPS) is 13.8. The molecular weight excluding hydrogens is 1370 g/mol. The van der Waals surface area contributed by atoms with E-state index in [2.05, 4.69) is 41.5 Å². The molecule has 0 rings (SSSR count). The lowest BCUT2D eigenvalue weighted by Crippen LogP contribution is -2.30. The maximum Gasteiger partial charge on any atom is 0.472 e. The van der Waals surface area contributed by atoms with Gasteiger partial charge in [-0.05, 0) is 37.5 Å². The fourth-order valence-corrected chi connectivity index (χ4v) is 15.0. The molecule has 0 aliphatic heterocycles. The van der Waals surface area contributed by atoms with E-state index in [1.807, 2.05) is 0 Å². The maximum absolute atomic E-state index is 13.1. The third-order valence-corrected chi connectivity index (χ3v) is 22.1. The Bertz CT molecular complexity index is 2010. The van der Waals surface area contributed by atoms with Gasteiger partial charge in [0.25, 0.3) is 0 Å². The molecule has 0 aromatic carbocycles. The van der Waals surface area contributed by atoms with Crippen molar-refractivity contribution < 1.29 is 80.2 Å². The van der Waals surface area contributed by atoms with Gasteiger partial charge in [0.1, 0.15) is 19.3 Å². The van der Waals surface area contributed by atoms with Crippen LogP contribution in [0.2, 0.25) is 0 Å². The molecular formula is C86H168O17P2. The second-order valence-electron chi connectivity index (χ2n) is 31.9. The van der Waals surface area contributed by atoms with Crippen molar-refractivity contribution in [3.63, 3.8) is 0 Å². The molecule has 0 heterocycles. The molecule has 0 aliphatic carbocycles. The second kappa shape index (κ2) is 77.4. The first kappa shape index (κ1) is 103. The Balaban J connectivity index is 5.18. The van der Waals surface area contributed by atoms with Crippen molar-refractivity contribution in [1.82, 2.24) is 0 Å². The van der Waals surface area contributed by atoms with Crippen LogP contribution in [0.4, 0.5) is 0 Å². The first-order chi connectivity index (χ1) is 50.9. The van der Waals surface area contributed by atoms with E-state index in [1.165, 1.54) is 276 Å². The molecule has 19 heteroatoms. The Labute approximate surface area is 645 Å². The van der Waals surface area contributed by atoms with Gasteiger partial charge in [0.05, 0.1) is 26.4 Å². The monoisotopic (exact) mass is 1540 g/mol. The Morgan fingerprint density at radius 3 is 0.648 bits per heavy atom. The van der Waals surface area contributed by atoms with Crippen LogP contribution in [0.1, 0.15) is 459 Å². The largest absolute Gasteiger partial charge is 0.472 e. The van der Waals surface area contributed by atoms with Gasteiger partial charge in [-0.2, -0.15) is 0 Å². The highest BCUT2D eigenvalue weighted by Gasteiger charge is 2.30. The molecule has 0 amide bonds. The number of ether oxygens (including phenoxy) is 4. The van der Waals surface area contributed by atoms with Crippen molar-refractivity contribution in [3.05, 3.63) is 0 Å². The first-order valence-corrected chi connectivity index (χ1v) is 47.5. The SMILES string of the molecule is CCCCCCCCCCCCCCCCCCCCCCCCC(=O)O[C@H](COC(=O)CCCCCCCCCCCCCCCCCCCCC(C)C)COP(=O)(O)OC[C@@H](O)COP(=O)(O)OC[C@@H](COC(=O)CCCCCCCCCCC)OC(=O)CCCCCCCCCCCCC(C)C. The smallest absolute Gasteiger partial charge is 0.462 e. The van der Waals surface area contributed by atoms with Crippen LogP contribution in [0, 0.1) is 11.8 Å². The van der Waals surface area contributed by atoms with Crippen LogP contribution in [0.5, 0.6) is 0 Å². The molecule has 0 saturated carbocycles. The number of hydrogen-bond acceptors (Lipinski definition) is 15. The van der Waals surface area contributed by atoms with E-state index in [0.717, 1.165) is 102 Å². The number of carbonyl (C=O) groups excluding carboxylic acids is 4. The number of phosphoric ester groups is 2. The quantitative estimate of drug-likeness (QED) is 0.0222. The Morgan fingerprint density at radius 2 is 0.438 bits per heavy atom. The van der Waals surface area contributed by atoms with Crippen LogP contribution < -0.4 is 0 Å². The van der Waals surface area contributed by atoms with E-state index in [-0.39, 0.29) is 25.7 Å². The van der Waals surface area contributed by atoms with Gasteiger partial charge in [0.15, 0.2) is 12.2 Å². The fourth-order valence-electron chi connectivity index (χ4n) is 13.4.